The van der Waals surface area contributed by atoms with Crippen LogP contribution in [0.4, 0.5) is 24.7 Å². The average Bonchev–Trinajstić information content (AvgIpc) is 3.16. The fourth-order valence-electron chi connectivity index (χ4n) is 3.48. The lowest BCUT2D eigenvalue weighted by Gasteiger charge is -2.33. The number of alkyl halides is 3. The molecule has 0 aliphatic carbocycles. The molecule has 4 rings (SSSR count). The molecule has 12 heteroatoms. The third kappa shape index (κ3) is 3.84. The maximum Gasteiger partial charge on any atom is 0.417 e. The monoisotopic (exact) mass is 439 g/mol. The van der Waals surface area contributed by atoms with Crippen LogP contribution >= 0.6 is 11.6 Å². The van der Waals surface area contributed by atoms with Crippen LogP contribution in [0.25, 0.3) is 5.82 Å². The number of nitrogen functional groups attached to an aromatic ring is 1. The molecule has 0 aromatic carbocycles. The van der Waals surface area contributed by atoms with Crippen LogP contribution < -0.4 is 16.2 Å². The molecule has 3 aromatic heterocycles. The molecule has 158 valence electrons. The number of anilines is 2. The summed E-state index contributed by atoms with van der Waals surface area (Å²) in [4.78, 5) is 18.3. The van der Waals surface area contributed by atoms with Crippen LogP contribution in [-0.2, 0) is 6.18 Å². The number of hydrogen-bond acceptors (Lipinski definition) is 6. The number of pyridine rings is 1. The molecule has 4 heterocycles. The Labute approximate surface area is 173 Å². The second-order valence-electron chi connectivity index (χ2n) is 6.97. The van der Waals surface area contributed by atoms with Gasteiger partial charge in [0.2, 0.25) is 0 Å². The van der Waals surface area contributed by atoms with Gasteiger partial charge in [-0.05, 0) is 25.0 Å². The minimum absolute atomic E-state index is 0.0445. The van der Waals surface area contributed by atoms with Crippen LogP contribution in [0.3, 0.4) is 0 Å². The van der Waals surface area contributed by atoms with E-state index in [0.717, 1.165) is 35.4 Å². The molecule has 0 unspecified atom stereocenters. The van der Waals surface area contributed by atoms with E-state index in [2.05, 4.69) is 20.3 Å². The van der Waals surface area contributed by atoms with Gasteiger partial charge in [-0.1, -0.05) is 11.6 Å². The average molecular weight is 440 g/mol. The standard InChI is InChI=1S/C18H17ClF3N7O/c19-16-13(28-5-3-10(4-6-28)12-7-14(23)27-26-12)9-25-29(17(16)30)15-2-1-11(8-24-15)18(20,21)22/h1-2,7-10H,3-6H2,(H3,23,26,27). The summed E-state index contributed by atoms with van der Waals surface area (Å²) in [5, 5.41) is 10.9. The van der Waals surface area contributed by atoms with Crippen LogP contribution in [0, 0.1) is 0 Å². The first-order valence-electron chi connectivity index (χ1n) is 9.11. The van der Waals surface area contributed by atoms with E-state index in [4.69, 9.17) is 17.3 Å². The number of aromatic amines is 1. The lowest BCUT2D eigenvalue weighted by molar-refractivity contribution is -0.137. The summed E-state index contributed by atoms with van der Waals surface area (Å²) in [6, 6.07) is 3.73. The molecule has 1 saturated heterocycles. The highest BCUT2D eigenvalue weighted by molar-refractivity contribution is 6.33. The summed E-state index contributed by atoms with van der Waals surface area (Å²) >= 11 is 6.29. The molecule has 0 radical (unpaired) electrons. The normalized spacial score (nSPS) is 15.5. The highest BCUT2D eigenvalue weighted by Gasteiger charge is 2.31. The predicted molar refractivity (Wildman–Crippen MR) is 105 cm³/mol. The molecule has 8 nitrogen and oxygen atoms in total. The van der Waals surface area contributed by atoms with Gasteiger partial charge in [-0.15, -0.1) is 0 Å². The quantitative estimate of drug-likeness (QED) is 0.650. The van der Waals surface area contributed by atoms with E-state index >= 15 is 0 Å². The second-order valence-corrected chi connectivity index (χ2v) is 7.35. The number of aromatic nitrogens is 5. The van der Waals surface area contributed by atoms with Gasteiger partial charge in [0.15, 0.2) is 5.82 Å². The van der Waals surface area contributed by atoms with Crippen molar-refractivity contribution in [3.63, 3.8) is 0 Å². The van der Waals surface area contributed by atoms with Crippen molar-refractivity contribution in [3.05, 3.63) is 57.2 Å². The van der Waals surface area contributed by atoms with Crippen LogP contribution in [0.2, 0.25) is 5.02 Å². The molecular formula is C18H17ClF3N7O. The van der Waals surface area contributed by atoms with Crippen molar-refractivity contribution < 1.29 is 13.2 Å². The largest absolute Gasteiger partial charge is 0.417 e. The topological polar surface area (TPSA) is 106 Å². The van der Waals surface area contributed by atoms with Crippen molar-refractivity contribution in [3.8, 4) is 5.82 Å². The van der Waals surface area contributed by atoms with Crippen LogP contribution in [-0.4, -0.2) is 38.1 Å². The molecule has 1 aliphatic rings. The fourth-order valence-corrected chi connectivity index (χ4v) is 3.73. The molecule has 1 aliphatic heterocycles. The highest BCUT2D eigenvalue weighted by atomic mass is 35.5. The van der Waals surface area contributed by atoms with Gasteiger partial charge in [0.25, 0.3) is 5.56 Å². The number of nitrogens with two attached hydrogens (primary N) is 1. The number of nitrogens with zero attached hydrogens (tertiary/aromatic N) is 5. The third-order valence-corrected chi connectivity index (χ3v) is 5.44. The van der Waals surface area contributed by atoms with E-state index in [0.29, 0.717) is 30.8 Å². The molecule has 0 bridgehead atoms. The highest BCUT2D eigenvalue weighted by Crippen LogP contribution is 2.32. The summed E-state index contributed by atoms with van der Waals surface area (Å²) in [7, 11) is 0. The summed E-state index contributed by atoms with van der Waals surface area (Å²) in [6.45, 7) is 1.29. The summed E-state index contributed by atoms with van der Waals surface area (Å²) in [5.74, 6) is 0.673. The SMILES string of the molecule is Nc1cc(C2CCN(c3cnn(-c4ccc(C(F)(F)F)cn4)c(=O)c3Cl)CC2)[nH]n1. The molecule has 1 fully saturated rings. The molecule has 0 atom stereocenters. The van der Waals surface area contributed by atoms with E-state index in [9.17, 15) is 18.0 Å². The Kier molecular flexibility index (Phi) is 5.14. The Balaban J connectivity index is 1.53. The number of rotatable bonds is 3. The van der Waals surface area contributed by atoms with Crippen molar-refractivity contribution in [2.75, 3.05) is 23.7 Å². The van der Waals surface area contributed by atoms with Crippen molar-refractivity contribution in [2.24, 2.45) is 0 Å². The Bertz CT molecular complexity index is 1100. The number of nitrogens with one attached hydrogen (secondary N) is 1. The van der Waals surface area contributed by atoms with Crippen LogP contribution in [0.15, 0.2) is 35.4 Å². The Morgan fingerprint density at radius 1 is 1.20 bits per heavy atom. The lowest BCUT2D eigenvalue weighted by Crippen LogP contribution is -2.35. The number of halogens is 4. The molecule has 0 amide bonds. The number of H-pyrrole nitrogens is 1. The molecule has 3 N–H and O–H groups in total. The van der Waals surface area contributed by atoms with Gasteiger partial charge in [-0.3, -0.25) is 9.89 Å². The maximum atomic E-state index is 12.7. The van der Waals surface area contributed by atoms with Gasteiger partial charge in [-0.2, -0.15) is 28.1 Å². The van der Waals surface area contributed by atoms with Gasteiger partial charge in [-0.25, -0.2) is 4.98 Å². The molecule has 0 spiro atoms. The fraction of sp³-hybridized carbons (Fsp3) is 0.333. The summed E-state index contributed by atoms with van der Waals surface area (Å²) < 4.78 is 39.0. The minimum atomic E-state index is -4.51. The third-order valence-electron chi connectivity index (χ3n) is 5.09. The Morgan fingerprint density at radius 2 is 1.93 bits per heavy atom. The van der Waals surface area contributed by atoms with Gasteiger partial charge in [0.1, 0.15) is 10.8 Å². The van der Waals surface area contributed by atoms with E-state index in [1.54, 1.807) is 0 Å². The van der Waals surface area contributed by atoms with Crippen LogP contribution in [0.1, 0.15) is 30.0 Å². The Hall–Kier alpha value is -3.08. The number of piperidine rings is 1. The minimum Gasteiger partial charge on any atom is -0.382 e. The van der Waals surface area contributed by atoms with E-state index in [1.165, 1.54) is 6.20 Å². The van der Waals surface area contributed by atoms with Crippen molar-refractivity contribution in [2.45, 2.75) is 24.9 Å². The van der Waals surface area contributed by atoms with E-state index in [-0.39, 0.29) is 16.8 Å². The first-order valence-corrected chi connectivity index (χ1v) is 9.49. The zero-order valence-corrected chi connectivity index (χ0v) is 16.3. The first kappa shape index (κ1) is 20.2. The summed E-state index contributed by atoms with van der Waals surface area (Å²) in [6.07, 6.45) is -0.821. The predicted octanol–water partition coefficient (Wildman–Crippen LogP) is 2.99. The first-order chi connectivity index (χ1) is 14.2. The number of hydrogen-bond donors (Lipinski definition) is 2. The maximum absolute atomic E-state index is 12.7. The smallest absolute Gasteiger partial charge is 0.382 e. The van der Waals surface area contributed by atoms with Gasteiger partial charge >= 0.3 is 6.18 Å². The van der Waals surface area contributed by atoms with Crippen molar-refractivity contribution in [1.82, 2.24) is 25.0 Å². The zero-order chi connectivity index (χ0) is 21.5. The van der Waals surface area contributed by atoms with Crippen molar-refractivity contribution in [1.29, 1.82) is 0 Å². The zero-order valence-electron chi connectivity index (χ0n) is 15.5. The molecular weight excluding hydrogens is 423 g/mol. The molecule has 3 aromatic rings. The summed E-state index contributed by atoms with van der Waals surface area (Å²) in [5.41, 5.74) is 5.55. The Morgan fingerprint density at radius 3 is 2.50 bits per heavy atom. The van der Waals surface area contributed by atoms with E-state index in [1.807, 2.05) is 11.0 Å². The van der Waals surface area contributed by atoms with Gasteiger partial charge in [0.05, 0.1) is 17.4 Å². The molecule has 30 heavy (non-hydrogen) atoms. The van der Waals surface area contributed by atoms with E-state index < -0.39 is 17.3 Å². The van der Waals surface area contributed by atoms with Crippen LogP contribution in [0.5, 0.6) is 0 Å². The van der Waals surface area contributed by atoms with Gasteiger partial charge in [0, 0.05) is 37.0 Å². The second kappa shape index (κ2) is 7.63. The molecule has 0 saturated carbocycles. The lowest BCUT2D eigenvalue weighted by atomic mass is 9.93. The van der Waals surface area contributed by atoms with Gasteiger partial charge < -0.3 is 10.6 Å². The van der Waals surface area contributed by atoms with Crippen molar-refractivity contribution >= 4 is 23.1 Å².